The number of hydrogen-bond donors (Lipinski definition) is 0. The molecule has 1 aromatic heterocycles. The molecule has 0 aliphatic carbocycles. The zero-order valence-corrected chi connectivity index (χ0v) is 11.3. The quantitative estimate of drug-likeness (QED) is 0.725. The second-order valence-electron chi connectivity index (χ2n) is 5.40. The van der Waals surface area contributed by atoms with Gasteiger partial charge < -0.3 is 0 Å². The van der Waals surface area contributed by atoms with Gasteiger partial charge in [-0.1, -0.05) is 18.2 Å². The van der Waals surface area contributed by atoms with Crippen LogP contribution in [0.3, 0.4) is 0 Å². The van der Waals surface area contributed by atoms with Crippen LogP contribution in [0.2, 0.25) is 0 Å². The van der Waals surface area contributed by atoms with E-state index in [1.54, 1.807) is 11.3 Å². The van der Waals surface area contributed by atoms with Gasteiger partial charge >= 0.3 is 0 Å². The average Bonchev–Trinajstić information content (AvgIpc) is 2.89. The van der Waals surface area contributed by atoms with E-state index in [2.05, 4.69) is 47.3 Å². The predicted octanol–water partition coefficient (Wildman–Crippen LogP) is 3.55. The van der Waals surface area contributed by atoms with Gasteiger partial charge in [0, 0.05) is 6.04 Å². The summed E-state index contributed by atoms with van der Waals surface area (Å²) in [4.78, 5) is 7.01. The largest absolute Gasteiger partial charge is 0.290 e. The normalized spacial score (nSPS) is 31.3. The summed E-state index contributed by atoms with van der Waals surface area (Å²) in [6.07, 6.45) is 8.52. The lowest BCUT2D eigenvalue weighted by Gasteiger charge is -2.39. The summed E-state index contributed by atoms with van der Waals surface area (Å²) < 4.78 is 1.28. The minimum absolute atomic E-state index is 0.126. The fourth-order valence-corrected chi connectivity index (χ4v) is 4.21. The topological polar surface area (TPSA) is 16.1 Å². The molecule has 2 unspecified atom stereocenters. The Bertz CT molecular complexity index is 630. The van der Waals surface area contributed by atoms with Gasteiger partial charge in [-0.05, 0) is 44.0 Å². The molecular weight excluding hydrogens is 240 g/mol. The Balaban J connectivity index is 1.90. The highest BCUT2D eigenvalue weighted by Crippen LogP contribution is 2.46. The summed E-state index contributed by atoms with van der Waals surface area (Å²) in [6.45, 7) is 0. The highest BCUT2D eigenvalue weighted by molar-refractivity contribution is 7.16. The minimum atomic E-state index is 0.126. The summed E-state index contributed by atoms with van der Waals surface area (Å²) >= 11 is 1.72. The summed E-state index contributed by atoms with van der Waals surface area (Å²) in [6, 6.07) is 7.51. The standard InChI is InChI=1S/C15H16N2S/c1-17-12-3-2-7-15(17,8-6-12)11-4-5-14-13(9-11)16-10-18-14/h2,4-5,7,9-10,12H,3,6,8H2,1H3. The molecule has 1 fully saturated rings. The number of fused-ring (bicyclic) bond motifs is 3. The Morgan fingerprint density at radius 2 is 2.39 bits per heavy atom. The second kappa shape index (κ2) is 3.65. The van der Waals surface area contributed by atoms with Crippen LogP contribution in [-0.4, -0.2) is 23.0 Å². The van der Waals surface area contributed by atoms with Crippen molar-refractivity contribution < 1.29 is 0 Å². The molecule has 2 aromatic rings. The molecule has 1 aromatic carbocycles. The Kier molecular flexibility index (Phi) is 2.17. The molecule has 18 heavy (non-hydrogen) atoms. The van der Waals surface area contributed by atoms with Gasteiger partial charge in [-0.25, -0.2) is 4.98 Å². The molecule has 3 heterocycles. The first-order chi connectivity index (χ1) is 8.79. The van der Waals surface area contributed by atoms with Gasteiger partial charge in [-0.3, -0.25) is 4.90 Å². The lowest BCUT2D eigenvalue weighted by molar-refractivity contribution is 0.168. The van der Waals surface area contributed by atoms with Crippen LogP contribution >= 0.6 is 11.3 Å². The maximum absolute atomic E-state index is 4.45. The number of likely N-dealkylation sites (N-methyl/N-ethyl adjacent to an activating group) is 1. The average molecular weight is 256 g/mol. The lowest BCUT2D eigenvalue weighted by Crippen LogP contribution is -2.42. The monoisotopic (exact) mass is 256 g/mol. The Morgan fingerprint density at radius 1 is 1.44 bits per heavy atom. The second-order valence-corrected chi connectivity index (χ2v) is 6.29. The van der Waals surface area contributed by atoms with Gasteiger partial charge in [0.15, 0.2) is 0 Å². The third-order valence-corrected chi connectivity index (χ3v) is 5.48. The van der Waals surface area contributed by atoms with E-state index in [9.17, 15) is 0 Å². The number of nitrogens with zero attached hydrogens (tertiary/aromatic N) is 2. The van der Waals surface area contributed by atoms with Crippen LogP contribution in [-0.2, 0) is 5.54 Å². The van der Waals surface area contributed by atoms with Gasteiger partial charge in [0.2, 0.25) is 0 Å². The number of aromatic nitrogens is 1. The van der Waals surface area contributed by atoms with E-state index in [1.807, 2.05) is 5.51 Å². The molecule has 2 aliphatic heterocycles. The van der Waals surface area contributed by atoms with Gasteiger partial charge in [0.05, 0.1) is 21.3 Å². The van der Waals surface area contributed by atoms with Crippen molar-refractivity contribution in [2.75, 3.05) is 7.05 Å². The van der Waals surface area contributed by atoms with Crippen LogP contribution in [0.15, 0.2) is 35.9 Å². The molecular formula is C15H16N2S. The van der Waals surface area contributed by atoms with Crippen molar-refractivity contribution in [1.29, 1.82) is 0 Å². The van der Waals surface area contributed by atoms with Crippen molar-refractivity contribution in [3.05, 3.63) is 41.4 Å². The minimum Gasteiger partial charge on any atom is -0.290 e. The molecule has 2 bridgehead atoms. The molecule has 0 amide bonds. The molecule has 1 saturated heterocycles. The van der Waals surface area contributed by atoms with Gasteiger partial charge in [0.25, 0.3) is 0 Å². The highest BCUT2D eigenvalue weighted by atomic mass is 32.1. The summed E-state index contributed by atoms with van der Waals surface area (Å²) in [5.74, 6) is 0. The number of thiazole rings is 1. The van der Waals surface area contributed by atoms with E-state index in [0.29, 0.717) is 0 Å². The van der Waals surface area contributed by atoms with Crippen molar-refractivity contribution in [3.63, 3.8) is 0 Å². The van der Waals surface area contributed by atoms with Crippen molar-refractivity contribution in [2.45, 2.75) is 30.8 Å². The SMILES string of the molecule is CN1C2CC=CC1(c1ccc3scnc3c1)CC2. The van der Waals surface area contributed by atoms with Crippen LogP contribution in [0.25, 0.3) is 10.2 Å². The van der Waals surface area contributed by atoms with Gasteiger partial charge in [-0.2, -0.15) is 0 Å². The zero-order valence-electron chi connectivity index (χ0n) is 10.5. The molecule has 92 valence electrons. The number of hydrogen-bond acceptors (Lipinski definition) is 3. The number of benzene rings is 1. The van der Waals surface area contributed by atoms with Crippen molar-refractivity contribution in [1.82, 2.24) is 9.88 Å². The molecule has 2 atom stereocenters. The van der Waals surface area contributed by atoms with E-state index in [4.69, 9.17) is 0 Å². The molecule has 2 aliphatic rings. The zero-order chi connectivity index (χ0) is 12.2. The fourth-order valence-electron chi connectivity index (χ4n) is 3.55. The maximum atomic E-state index is 4.45. The molecule has 3 heteroatoms. The molecule has 4 rings (SSSR count). The van der Waals surface area contributed by atoms with Crippen LogP contribution in [0.5, 0.6) is 0 Å². The third kappa shape index (κ3) is 1.29. The highest BCUT2D eigenvalue weighted by Gasteiger charge is 2.45. The fraction of sp³-hybridized carbons (Fsp3) is 0.400. The predicted molar refractivity (Wildman–Crippen MR) is 75.8 cm³/mol. The molecule has 2 nitrogen and oxygen atoms in total. The molecule has 0 radical (unpaired) electrons. The number of rotatable bonds is 1. The first kappa shape index (κ1) is 10.7. The van der Waals surface area contributed by atoms with Crippen molar-refractivity contribution >= 4 is 21.6 Å². The maximum Gasteiger partial charge on any atom is 0.0815 e. The molecule has 0 spiro atoms. The van der Waals surface area contributed by atoms with Crippen LogP contribution in [0.1, 0.15) is 24.8 Å². The smallest absolute Gasteiger partial charge is 0.0815 e. The first-order valence-corrected chi connectivity index (χ1v) is 7.42. The third-order valence-electron chi connectivity index (χ3n) is 4.67. The Morgan fingerprint density at radius 3 is 3.33 bits per heavy atom. The summed E-state index contributed by atoms with van der Waals surface area (Å²) in [5.41, 5.74) is 4.61. The van der Waals surface area contributed by atoms with E-state index in [-0.39, 0.29) is 5.54 Å². The molecule has 0 N–H and O–H groups in total. The van der Waals surface area contributed by atoms with E-state index < -0.39 is 0 Å². The van der Waals surface area contributed by atoms with Crippen LogP contribution in [0.4, 0.5) is 0 Å². The van der Waals surface area contributed by atoms with Crippen LogP contribution < -0.4 is 0 Å². The van der Waals surface area contributed by atoms with Crippen molar-refractivity contribution in [2.24, 2.45) is 0 Å². The van der Waals surface area contributed by atoms with E-state index >= 15 is 0 Å². The summed E-state index contributed by atoms with van der Waals surface area (Å²) in [7, 11) is 2.27. The van der Waals surface area contributed by atoms with E-state index in [0.717, 1.165) is 11.6 Å². The van der Waals surface area contributed by atoms with Gasteiger partial charge in [0.1, 0.15) is 0 Å². The first-order valence-electron chi connectivity index (χ1n) is 6.54. The van der Waals surface area contributed by atoms with E-state index in [1.165, 1.54) is 29.5 Å². The van der Waals surface area contributed by atoms with Crippen LogP contribution in [0, 0.1) is 0 Å². The Labute approximate surface area is 111 Å². The summed E-state index contributed by atoms with van der Waals surface area (Å²) in [5, 5.41) is 0. The molecule has 0 saturated carbocycles. The lowest BCUT2D eigenvalue weighted by atomic mass is 9.86. The van der Waals surface area contributed by atoms with Gasteiger partial charge in [-0.15, -0.1) is 11.3 Å². The Hall–Kier alpha value is -1.19. The van der Waals surface area contributed by atoms with Crippen molar-refractivity contribution in [3.8, 4) is 0 Å².